The first-order valence-electron chi connectivity index (χ1n) is 9.72. The highest BCUT2D eigenvalue weighted by Gasteiger charge is 2.28. The maximum Gasteiger partial charge on any atom is 0.255 e. The molecule has 0 spiro atoms. The predicted octanol–water partition coefficient (Wildman–Crippen LogP) is 4.01. The molecule has 2 aromatic carbocycles. The van der Waals surface area contributed by atoms with Gasteiger partial charge in [0.25, 0.3) is 5.91 Å². The number of hydrazone groups is 1. The van der Waals surface area contributed by atoms with Gasteiger partial charge in [-0.3, -0.25) is 9.59 Å². The number of carbonyl (C=O) groups is 2. The van der Waals surface area contributed by atoms with Crippen LogP contribution in [0.4, 0.5) is 0 Å². The van der Waals surface area contributed by atoms with Crippen LogP contribution in [0.5, 0.6) is 11.5 Å². The number of hydrogen-bond acceptors (Lipinski definition) is 5. The number of carbonyl (C=O) groups excluding carboxylic acids is 2. The summed E-state index contributed by atoms with van der Waals surface area (Å²) in [5.41, 5.74) is 3.70. The molecule has 0 aromatic heterocycles. The Labute approximate surface area is 190 Å². The average Bonchev–Trinajstić information content (AvgIpc) is 2.78. The number of rotatable bonds is 6. The second-order valence-corrected chi connectivity index (χ2v) is 7.88. The minimum Gasteiger partial charge on any atom is -0.497 e. The van der Waals surface area contributed by atoms with Crippen LogP contribution in [0, 0.1) is 5.92 Å². The Kier molecular flexibility index (Phi) is 7.76. The highest BCUT2D eigenvalue weighted by atomic mass is 35.5. The summed E-state index contributed by atoms with van der Waals surface area (Å²) in [4.78, 5) is 26.9. The zero-order valence-corrected chi connectivity index (χ0v) is 18.7. The Hall–Kier alpha value is -2.77. The van der Waals surface area contributed by atoms with Gasteiger partial charge in [-0.25, -0.2) is 5.43 Å². The van der Waals surface area contributed by atoms with Gasteiger partial charge in [-0.05, 0) is 43.2 Å². The summed E-state index contributed by atoms with van der Waals surface area (Å²) in [6, 6.07) is 10.1. The van der Waals surface area contributed by atoms with Crippen molar-refractivity contribution in [3.8, 4) is 11.5 Å². The van der Waals surface area contributed by atoms with E-state index in [4.69, 9.17) is 32.7 Å². The van der Waals surface area contributed by atoms with Crippen LogP contribution in [0.2, 0.25) is 10.0 Å². The number of nitrogens with one attached hydrogen (secondary N) is 1. The van der Waals surface area contributed by atoms with Gasteiger partial charge in [0, 0.05) is 35.7 Å². The number of hydrogen-bond donors (Lipinski definition) is 1. The maximum absolute atomic E-state index is 12.7. The van der Waals surface area contributed by atoms with Crippen LogP contribution < -0.4 is 14.9 Å². The molecule has 1 fully saturated rings. The minimum atomic E-state index is -0.223. The second kappa shape index (κ2) is 10.5. The number of likely N-dealkylation sites (tertiary alicyclic amines) is 1. The summed E-state index contributed by atoms with van der Waals surface area (Å²) in [6.07, 6.45) is 2.62. The quantitative estimate of drug-likeness (QED) is 0.518. The van der Waals surface area contributed by atoms with Crippen LogP contribution in [0.3, 0.4) is 0 Å². The standard InChI is InChI=1S/C22H23Cl2N3O4/c1-30-17-5-3-15(20(12-17)31-2)13-25-26-21(28)14-7-9-27(10-8-14)22(29)18-6-4-16(23)11-19(18)24/h3-6,11-14H,7-10H2,1-2H3,(H,26,28)/b25-13-. The van der Waals surface area contributed by atoms with Gasteiger partial charge in [0.1, 0.15) is 11.5 Å². The molecular weight excluding hydrogens is 441 g/mol. The number of amides is 2. The fourth-order valence-electron chi connectivity index (χ4n) is 3.36. The van der Waals surface area contributed by atoms with Gasteiger partial charge < -0.3 is 14.4 Å². The third-order valence-corrected chi connectivity index (χ3v) is 5.68. The molecule has 1 saturated heterocycles. The zero-order chi connectivity index (χ0) is 22.4. The van der Waals surface area contributed by atoms with E-state index in [1.54, 1.807) is 55.5 Å². The van der Waals surface area contributed by atoms with Crippen LogP contribution in [-0.4, -0.2) is 50.2 Å². The van der Waals surface area contributed by atoms with Crippen molar-refractivity contribution >= 4 is 41.2 Å². The van der Waals surface area contributed by atoms with Crippen molar-refractivity contribution in [3.63, 3.8) is 0 Å². The molecule has 2 aromatic rings. The molecule has 0 atom stereocenters. The fourth-order valence-corrected chi connectivity index (χ4v) is 3.85. The van der Waals surface area contributed by atoms with Crippen molar-refractivity contribution in [3.05, 3.63) is 57.6 Å². The van der Waals surface area contributed by atoms with Crippen LogP contribution in [0.25, 0.3) is 0 Å². The van der Waals surface area contributed by atoms with E-state index in [0.29, 0.717) is 58.6 Å². The summed E-state index contributed by atoms with van der Waals surface area (Å²) in [6.45, 7) is 0.928. The highest BCUT2D eigenvalue weighted by Crippen LogP contribution is 2.25. The van der Waals surface area contributed by atoms with Crippen LogP contribution in [-0.2, 0) is 4.79 Å². The van der Waals surface area contributed by atoms with Gasteiger partial charge >= 0.3 is 0 Å². The maximum atomic E-state index is 12.7. The summed E-state index contributed by atoms with van der Waals surface area (Å²) in [7, 11) is 3.13. The largest absolute Gasteiger partial charge is 0.497 e. The Morgan fingerprint density at radius 3 is 2.48 bits per heavy atom. The van der Waals surface area contributed by atoms with Gasteiger partial charge in [-0.1, -0.05) is 23.2 Å². The minimum absolute atomic E-state index is 0.162. The first-order valence-corrected chi connectivity index (χ1v) is 10.5. The normalized spacial score (nSPS) is 14.5. The lowest BCUT2D eigenvalue weighted by Crippen LogP contribution is -2.42. The predicted molar refractivity (Wildman–Crippen MR) is 120 cm³/mol. The van der Waals surface area contributed by atoms with Gasteiger partial charge in [0.15, 0.2) is 0 Å². The summed E-state index contributed by atoms with van der Waals surface area (Å²) < 4.78 is 10.5. The molecule has 3 rings (SSSR count). The Morgan fingerprint density at radius 2 is 1.84 bits per heavy atom. The molecule has 164 valence electrons. The molecule has 0 radical (unpaired) electrons. The van der Waals surface area contributed by atoms with E-state index >= 15 is 0 Å². The smallest absolute Gasteiger partial charge is 0.255 e. The molecule has 0 saturated carbocycles. The van der Waals surface area contributed by atoms with Crippen molar-refractivity contribution in [2.24, 2.45) is 11.0 Å². The van der Waals surface area contributed by atoms with E-state index < -0.39 is 0 Å². The molecule has 1 aliphatic rings. The molecular formula is C22H23Cl2N3O4. The second-order valence-electron chi connectivity index (χ2n) is 7.03. The van der Waals surface area contributed by atoms with Gasteiger partial charge in [0.2, 0.25) is 5.91 Å². The van der Waals surface area contributed by atoms with Gasteiger partial charge in [-0.15, -0.1) is 0 Å². The molecule has 31 heavy (non-hydrogen) atoms. The number of benzene rings is 2. The van der Waals surface area contributed by atoms with Crippen molar-refractivity contribution in [2.45, 2.75) is 12.8 Å². The van der Waals surface area contributed by atoms with E-state index in [2.05, 4.69) is 10.5 Å². The Balaban J connectivity index is 1.53. The summed E-state index contributed by atoms with van der Waals surface area (Å²) in [5, 5.41) is 4.84. The number of piperidine rings is 1. The lowest BCUT2D eigenvalue weighted by atomic mass is 9.95. The lowest BCUT2D eigenvalue weighted by Gasteiger charge is -2.31. The summed E-state index contributed by atoms with van der Waals surface area (Å²) >= 11 is 12.0. The lowest BCUT2D eigenvalue weighted by molar-refractivity contribution is -0.126. The van der Waals surface area contributed by atoms with Crippen molar-refractivity contribution < 1.29 is 19.1 Å². The molecule has 0 unspecified atom stereocenters. The first-order chi connectivity index (χ1) is 14.9. The average molecular weight is 464 g/mol. The van der Waals surface area contributed by atoms with Crippen molar-refractivity contribution in [2.75, 3.05) is 27.3 Å². The highest BCUT2D eigenvalue weighted by molar-refractivity contribution is 6.36. The van der Waals surface area contributed by atoms with E-state index in [-0.39, 0.29) is 17.7 Å². The molecule has 0 aliphatic carbocycles. The fraction of sp³-hybridized carbons (Fsp3) is 0.318. The molecule has 1 heterocycles. The van der Waals surface area contributed by atoms with E-state index in [1.807, 2.05) is 0 Å². The molecule has 1 N–H and O–H groups in total. The van der Waals surface area contributed by atoms with E-state index in [9.17, 15) is 9.59 Å². The summed E-state index contributed by atoms with van der Waals surface area (Å²) in [5.74, 6) is 0.689. The Bertz CT molecular complexity index is 989. The number of methoxy groups -OCH3 is 2. The van der Waals surface area contributed by atoms with Crippen LogP contribution in [0.15, 0.2) is 41.5 Å². The molecule has 1 aliphatic heterocycles. The molecule has 0 bridgehead atoms. The van der Waals surface area contributed by atoms with Gasteiger partial charge in [-0.2, -0.15) is 5.10 Å². The number of nitrogens with zero attached hydrogens (tertiary/aromatic N) is 2. The zero-order valence-electron chi connectivity index (χ0n) is 17.2. The molecule has 9 heteroatoms. The SMILES string of the molecule is COc1ccc(/C=N\NC(=O)C2CCN(C(=O)c3ccc(Cl)cc3Cl)CC2)c(OC)c1. The van der Waals surface area contributed by atoms with Crippen LogP contribution >= 0.6 is 23.2 Å². The van der Waals surface area contributed by atoms with Crippen molar-refractivity contribution in [1.29, 1.82) is 0 Å². The van der Waals surface area contributed by atoms with E-state index in [1.165, 1.54) is 6.21 Å². The third kappa shape index (κ3) is 5.68. The monoisotopic (exact) mass is 463 g/mol. The topological polar surface area (TPSA) is 80.2 Å². The molecule has 2 amide bonds. The van der Waals surface area contributed by atoms with Crippen molar-refractivity contribution in [1.82, 2.24) is 10.3 Å². The molecule has 7 nitrogen and oxygen atoms in total. The van der Waals surface area contributed by atoms with Gasteiger partial charge in [0.05, 0.1) is 31.0 Å². The number of ether oxygens (including phenoxy) is 2. The first kappa shape index (κ1) is 22.9. The third-order valence-electron chi connectivity index (χ3n) is 5.13. The number of halogens is 2. The Morgan fingerprint density at radius 1 is 1.10 bits per heavy atom. The van der Waals surface area contributed by atoms with Crippen LogP contribution in [0.1, 0.15) is 28.8 Å². The van der Waals surface area contributed by atoms with E-state index in [0.717, 1.165) is 0 Å².